The quantitative estimate of drug-likeness (QED) is 0.717. The lowest BCUT2D eigenvalue weighted by atomic mass is 9.92. The fourth-order valence-corrected chi connectivity index (χ4v) is 4.12. The van der Waals surface area contributed by atoms with E-state index in [2.05, 4.69) is 10.6 Å². The number of fused-ring (bicyclic) bond motifs is 1. The first kappa shape index (κ1) is 20.9. The zero-order chi connectivity index (χ0) is 22.3. The zero-order valence-electron chi connectivity index (χ0n) is 17.0. The van der Waals surface area contributed by atoms with Crippen molar-refractivity contribution in [1.29, 1.82) is 0 Å². The molecule has 2 aliphatic heterocycles. The van der Waals surface area contributed by atoms with Crippen molar-refractivity contribution in [2.45, 2.75) is 31.8 Å². The van der Waals surface area contributed by atoms with Crippen molar-refractivity contribution in [3.63, 3.8) is 0 Å². The molecule has 31 heavy (non-hydrogen) atoms. The number of hydrogen-bond acceptors (Lipinski definition) is 4. The molecule has 2 unspecified atom stereocenters. The monoisotopic (exact) mass is 440 g/mol. The first-order valence-electron chi connectivity index (χ1n) is 9.82. The van der Waals surface area contributed by atoms with Crippen LogP contribution in [0.4, 0.5) is 16.2 Å². The van der Waals surface area contributed by atoms with Crippen LogP contribution in [-0.4, -0.2) is 41.2 Å². The van der Waals surface area contributed by atoms with E-state index in [1.165, 1.54) is 4.90 Å². The van der Waals surface area contributed by atoms with Gasteiger partial charge in [-0.1, -0.05) is 35.9 Å². The number of rotatable bonds is 3. The number of halogens is 1. The van der Waals surface area contributed by atoms with E-state index in [1.54, 1.807) is 62.4 Å². The van der Waals surface area contributed by atoms with Crippen molar-refractivity contribution in [3.05, 3.63) is 59.1 Å². The number of nitrogens with one attached hydrogen (secondary N) is 2. The first-order chi connectivity index (χ1) is 14.7. The van der Waals surface area contributed by atoms with E-state index in [0.29, 0.717) is 22.0 Å². The summed E-state index contributed by atoms with van der Waals surface area (Å²) in [4.78, 5) is 53.6. The van der Waals surface area contributed by atoms with Gasteiger partial charge in [-0.25, -0.2) is 4.79 Å². The molecule has 9 heteroatoms. The number of anilines is 2. The van der Waals surface area contributed by atoms with Gasteiger partial charge in [-0.15, -0.1) is 0 Å². The summed E-state index contributed by atoms with van der Waals surface area (Å²) >= 11 is 5.93. The molecule has 2 aliphatic rings. The molecule has 0 aromatic heterocycles. The van der Waals surface area contributed by atoms with Gasteiger partial charge in [0.1, 0.15) is 12.1 Å². The Hall–Kier alpha value is -3.39. The van der Waals surface area contributed by atoms with Gasteiger partial charge >= 0.3 is 6.03 Å². The molecule has 0 spiro atoms. The van der Waals surface area contributed by atoms with E-state index in [-0.39, 0.29) is 12.3 Å². The van der Waals surface area contributed by atoms with Gasteiger partial charge in [-0.2, -0.15) is 0 Å². The lowest BCUT2D eigenvalue weighted by molar-refractivity contribution is -0.134. The van der Waals surface area contributed by atoms with Crippen molar-refractivity contribution in [3.8, 4) is 0 Å². The predicted molar refractivity (Wildman–Crippen MR) is 116 cm³/mol. The van der Waals surface area contributed by atoms with Gasteiger partial charge in [0.15, 0.2) is 0 Å². The minimum atomic E-state index is -1.30. The van der Waals surface area contributed by atoms with Crippen molar-refractivity contribution in [2.24, 2.45) is 0 Å². The highest BCUT2D eigenvalue weighted by Gasteiger charge is 2.50. The van der Waals surface area contributed by atoms with E-state index < -0.39 is 36.0 Å². The number of urea groups is 1. The number of carbonyl (C=O) groups excluding carboxylic acids is 4. The lowest BCUT2D eigenvalue weighted by Crippen LogP contribution is -2.47. The van der Waals surface area contributed by atoms with Gasteiger partial charge in [-0.3, -0.25) is 19.3 Å². The largest absolute Gasteiger partial charge is 0.325 e. The second-order valence-corrected chi connectivity index (χ2v) is 8.27. The van der Waals surface area contributed by atoms with Crippen molar-refractivity contribution in [1.82, 2.24) is 10.2 Å². The van der Waals surface area contributed by atoms with Crippen molar-refractivity contribution >= 4 is 46.7 Å². The Labute approximate surface area is 184 Å². The summed E-state index contributed by atoms with van der Waals surface area (Å²) in [6.07, 6.45) is 0.100. The van der Waals surface area contributed by atoms with Gasteiger partial charge in [0.25, 0.3) is 5.91 Å². The fourth-order valence-electron chi connectivity index (χ4n) is 4.00. The Balaban J connectivity index is 1.61. The molecule has 0 radical (unpaired) electrons. The van der Waals surface area contributed by atoms with E-state index >= 15 is 0 Å². The molecule has 0 aliphatic carbocycles. The molecule has 0 bridgehead atoms. The van der Waals surface area contributed by atoms with Crippen LogP contribution in [0.2, 0.25) is 5.02 Å². The number of amides is 5. The highest BCUT2D eigenvalue weighted by Crippen LogP contribution is 2.33. The molecule has 2 aromatic carbocycles. The Morgan fingerprint density at radius 2 is 1.81 bits per heavy atom. The minimum absolute atomic E-state index is 0.100. The third-order valence-electron chi connectivity index (χ3n) is 5.62. The summed E-state index contributed by atoms with van der Waals surface area (Å²) in [5.41, 5.74) is 0.294. The third-order valence-corrected chi connectivity index (χ3v) is 5.87. The number of imide groups is 1. The van der Waals surface area contributed by atoms with Crippen molar-refractivity contribution in [2.75, 3.05) is 16.8 Å². The fraction of sp³-hybridized carbons (Fsp3) is 0.273. The summed E-state index contributed by atoms with van der Waals surface area (Å²) in [7, 11) is 0. The van der Waals surface area contributed by atoms with E-state index in [9.17, 15) is 19.2 Å². The summed E-state index contributed by atoms with van der Waals surface area (Å²) < 4.78 is 0. The third kappa shape index (κ3) is 3.63. The van der Waals surface area contributed by atoms with Crippen LogP contribution < -0.4 is 15.5 Å². The maximum atomic E-state index is 13.3. The molecule has 2 aromatic rings. The van der Waals surface area contributed by atoms with Crippen LogP contribution in [0.1, 0.15) is 25.8 Å². The molecular formula is C22H21ClN4O4. The molecule has 0 saturated carbocycles. The van der Waals surface area contributed by atoms with Crippen LogP contribution in [0.5, 0.6) is 0 Å². The SMILES string of the molecule is CC1CC(=O)Nc2ccccc2N1C(=O)CN1C(=O)NC(C)(c2ccc(Cl)cc2)C1=O. The molecule has 4 rings (SSSR count). The van der Waals surface area contributed by atoms with Crippen LogP contribution in [0.3, 0.4) is 0 Å². The maximum absolute atomic E-state index is 13.3. The summed E-state index contributed by atoms with van der Waals surface area (Å²) in [5.74, 6) is -1.20. The number of para-hydroxylation sites is 2. The summed E-state index contributed by atoms with van der Waals surface area (Å²) in [6.45, 7) is 2.90. The summed E-state index contributed by atoms with van der Waals surface area (Å²) in [6, 6.07) is 12.4. The van der Waals surface area contributed by atoms with Crippen LogP contribution in [0.25, 0.3) is 0 Å². The predicted octanol–water partition coefficient (Wildman–Crippen LogP) is 2.87. The van der Waals surface area contributed by atoms with Gasteiger partial charge in [0.2, 0.25) is 11.8 Å². The molecule has 2 heterocycles. The van der Waals surface area contributed by atoms with Crippen molar-refractivity contribution < 1.29 is 19.2 Å². The lowest BCUT2D eigenvalue weighted by Gasteiger charge is -2.29. The smallest absolute Gasteiger partial charge is 0.324 e. The van der Waals surface area contributed by atoms with Gasteiger partial charge in [-0.05, 0) is 43.7 Å². The second kappa shape index (κ2) is 7.70. The Morgan fingerprint density at radius 1 is 1.13 bits per heavy atom. The molecule has 2 N–H and O–H groups in total. The van der Waals surface area contributed by atoms with Gasteiger partial charge in [0.05, 0.1) is 11.4 Å². The molecule has 2 atom stereocenters. The molecule has 1 fully saturated rings. The normalized spacial score (nSPS) is 23.2. The highest BCUT2D eigenvalue weighted by atomic mass is 35.5. The summed E-state index contributed by atoms with van der Waals surface area (Å²) in [5, 5.41) is 5.97. The van der Waals surface area contributed by atoms with Crippen LogP contribution >= 0.6 is 11.6 Å². The average Bonchev–Trinajstić information content (AvgIpc) is 2.85. The minimum Gasteiger partial charge on any atom is -0.324 e. The Kier molecular flexibility index (Phi) is 5.18. The topological polar surface area (TPSA) is 98.8 Å². The van der Waals surface area contributed by atoms with Crippen LogP contribution in [0.15, 0.2) is 48.5 Å². The highest BCUT2D eigenvalue weighted by molar-refractivity contribution is 6.30. The molecular weight excluding hydrogens is 420 g/mol. The average molecular weight is 441 g/mol. The van der Waals surface area contributed by atoms with Gasteiger partial charge in [0, 0.05) is 17.5 Å². The van der Waals surface area contributed by atoms with E-state index in [1.807, 2.05) is 0 Å². The molecule has 160 valence electrons. The van der Waals surface area contributed by atoms with Gasteiger partial charge < -0.3 is 15.5 Å². The number of benzene rings is 2. The van der Waals surface area contributed by atoms with Crippen LogP contribution in [0, 0.1) is 0 Å². The molecule has 5 amide bonds. The maximum Gasteiger partial charge on any atom is 0.325 e. The number of hydrogen-bond donors (Lipinski definition) is 2. The van der Waals surface area contributed by atoms with E-state index in [0.717, 1.165) is 4.90 Å². The zero-order valence-corrected chi connectivity index (χ0v) is 17.8. The second-order valence-electron chi connectivity index (χ2n) is 7.84. The standard InChI is InChI=1S/C22H21ClN4O4/c1-13-11-18(28)24-16-5-3-4-6-17(16)27(13)19(29)12-26-20(30)22(2,25-21(26)31)14-7-9-15(23)10-8-14/h3-10,13H,11-12H2,1-2H3,(H,24,28)(H,25,31). The molecule has 1 saturated heterocycles. The Bertz CT molecular complexity index is 1090. The van der Waals surface area contributed by atoms with E-state index in [4.69, 9.17) is 11.6 Å². The first-order valence-corrected chi connectivity index (χ1v) is 10.2. The molecule has 8 nitrogen and oxygen atoms in total. The Morgan fingerprint density at radius 3 is 2.52 bits per heavy atom. The van der Waals surface area contributed by atoms with Crippen LogP contribution in [-0.2, 0) is 19.9 Å². The number of carbonyl (C=O) groups is 4. The number of nitrogens with zero attached hydrogens (tertiary/aromatic N) is 2.